The lowest BCUT2D eigenvalue weighted by atomic mass is 10.0. The second kappa shape index (κ2) is 9.27. The van der Waals surface area contributed by atoms with Crippen LogP contribution in [-0.4, -0.2) is 44.4 Å². The monoisotopic (exact) mass is 457 g/mol. The second-order valence-corrected chi connectivity index (χ2v) is 9.08. The summed E-state index contributed by atoms with van der Waals surface area (Å²) in [5.41, 5.74) is 6.17. The van der Waals surface area contributed by atoms with Crippen LogP contribution in [0.3, 0.4) is 0 Å². The molecule has 1 aromatic carbocycles. The summed E-state index contributed by atoms with van der Waals surface area (Å²) in [7, 11) is 0. The van der Waals surface area contributed by atoms with E-state index in [1.54, 1.807) is 39.8 Å². The number of amides is 2. The summed E-state index contributed by atoms with van der Waals surface area (Å²) < 4.78 is 20.7. The molecular weight excluding hydrogens is 429 g/mol. The number of nitrogens with zero attached hydrogens (tertiary/aromatic N) is 2. The van der Waals surface area contributed by atoms with Crippen molar-refractivity contribution < 1.29 is 28.6 Å². The number of hydrogen-bond acceptors (Lipinski definition) is 6. The van der Waals surface area contributed by atoms with E-state index in [0.29, 0.717) is 11.3 Å². The molecule has 3 N–H and O–H groups in total. The zero-order valence-electron chi connectivity index (χ0n) is 19.1. The summed E-state index contributed by atoms with van der Waals surface area (Å²) in [5, 5.41) is 9.80. The van der Waals surface area contributed by atoms with Gasteiger partial charge in [0.1, 0.15) is 17.5 Å². The number of aliphatic hydroxyl groups excluding tert-OH is 1. The van der Waals surface area contributed by atoms with E-state index in [1.165, 1.54) is 23.2 Å². The summed E-state index contributed by atoms with van der Waals surface area (Å²) >= 11 is 0. The maximum absolute atomic E-state index is 15.4. The first-order valence-corrected chi connectivity index (χ1v) is 10.7. The van der Waals surface area contributed by atoms with E-state index in [-0.39, 0.29) is 36.1 Å². The van der Waals surface area contributed by atoms with Crippen LogP contribution in [0.4, 0.5) is 4.39 Å². The number of fused-ring (bicyclic) bond motifs is 1. The van der Waals surface area contributed by atoms with Crippen molar-refractivity contribution in [2.45, 2.75) is 64.8 Å². The van der Waals surface area contributed by atoms with Crippen molar-refractivity contribution in [3.8, 4) is 11.3 Å². The molecule has 2 heterocycles. The first kappa shape index (κ1) is 24.3. The fraction of sp³-hybridized carbons (Fsp3) is 0.417. The average Bonchev–Trinajstić information content (AvgIpc) is 3.04. The van der Waals surface area contributed by atoms with Gasteiger partial charge in [0.15, 0.2) is 0 Å². The topological polar surface area (TPSA) is 123 Å². The Morgan fingerprint density at radius 2 is 1.94 bits per heavy atom. The van der Waals surface area contributed by atoms with E-state index in [9.17, 15) is 19.5 Å². The molecule has 2 atom stereocenters. The lowest BCUT2D eigenvalue weighted by Crippen LogP contribution is -2.45. The Morgan fingerprint density at radius 3 is 2.55 bits per heavy atom. The van der Waals surface area contributed by atoms with Gasteiger partial charge in [-0.15, -0.1) is 0 Å². The van der Waals surface area contributed by atoms with Crippen LogP contribution < -0.4 is 5.73 Å². The third kappa shape index (κ3) is 5.36. The van der Waals surface area contributed by atoms with Crippen LogP contribution in [0.5, 0.6) is 0 Å². The number of esters is 1. The summed E-state index contributed by atoms with van der Waals surface area (Å²) in [6.45, 7) is 6.61. The van der Waals surface area contributed by atoms with E-state index < -0.39 is 41.3 Å². The van der Waals surface area contributed by atoms with Crippen LogP contribution in [0.2, 0.25) is 0 Å². The number of hydrogen-bond donors (Lipinski definition) is 2. The molecule has 0 fully saturated rings. The highest BCUT2D eigenvalue weighted by molar-refractivity contribution is 6.01. The lowest BCUT2D eigenvalue weighted by Gasteiger charge is -2.25. The third-order valence-corrected chi connectivity index (χ3v) is 5.35. The van der Waals surface area contributed by atoms with Gasteiger partial charge in [0, 0.05) is 29.3 Å². The zero-order valence-corrected chi connectivity index (χ0v) is 19.1. The molecule has 2 unspecified atom stereocenters. The predicted octanol–water partition coefficient (Wildman–Crippen LogP) is 2.87. The molecule has 0 radical (unpaired) electrons. The third-order valence-electron chi connectivity index (χ3n) is 5.35. The number of halogens is 1. The zero-order chi connectivity index (χ0) is 24.5. The average molecular weight is 458 g/mol. The largest absolute Gasteiger partial charge is 0.460 e. The predicted molar refractivity (Wildman–Crippen MR) is 118 cm³/mol. The number of benzene rings is 1. The van der Waals surface area contributed by atoms with E-state index >= 15 is 4.39 Å². The van der Waals surface area contributed by atoms with Gasteiger partial charge in [0.25, 0.3) is 5.91 Å². The first-order chi connectivity index (χ1) is 15.4. The molecule has 0 spiro atoms. The Morgan fingerprint density at radius 1 is 1.27 bits per heavy atom. The van der Waals surface area contributed by atoms with E-state index in [4.69, 9.17) is 10.5 Å². The van der Waals surface area contributed by atoms with Gasteiger partial charge in [-0.05, 0) is 63.9 Å². The molecule has 1 aliphatic rings. The van der Waals surface area contributed by atoms with Crippen LogP contribution in [-0.2, 0) is 20.9 Å². The van der Waals surface area contributed by atoms with Gasteiger partial charge in [-0.3, -0.25) is 19.4 Å². The van der Waals surface area contributed by atoms with Gasteiger partial charge in [0.05, 0.1) is 18.3 Å². The molecule has 176 valence electrons. The molecule has 1 aliphatic heterocycles. The molecule has 2 aromatic rings. The van der Waals surface area contributed by atoms with Gasteiger partial charge >= 0.3 is 5.97 Å². The van der Waals surface area contributed by atoms with Crippen molar-refractivity contribution in [3.63, 3.8) is 0 Å². The molecular formula is C24H28FN3O5. The van der Waals surface area contributed by atoms with Crippen molar-refractivity contribution in [3.05, 3.63) is 53.0 Å². The van der Waals surface area contributed by atoms with Gasteiger partial charge in [0.2, 0.25) is 5.91 Å². The SMILES string of the molecule is CC(O)c1ccnc(-c2ccc3c(c2F)CN(C(CCC(=O)OC(C)(C)C)C(N)=O)C3=O)c1. The van der Waals surface area contributed by atoms with Crippen LogP contribution in [0.25, 0.3) is 11.3 Å². The highest BCUT2D eigenvalue weighted by Crippen LogP contribution is 2.34. The molecule has 0 saturated carbocycles. The standard InChI is InChI=1S/C24H28FN3O5/c1-13(29)14-9-10-27-18(11-14)16-6-5-15-17(21(16)25)12-28(23(15)32)19(22(26)31)7-8-20(30)33-24(2,3)4/h5-6,9-11,13,19,29H,7-8,12H2,1-4H3,(H2,26,31). The van der Waals surface area contributed by atoms with Crippen molar-refractivity contribution in [2.24, 2.45) is 5.73 Å². The van der Waals surface area contributed by atoms with E-state index in [2.05, 4.69) is 4.98 Å². The van der Waals surface area contributed by atoms with Crippen molar-refractivity contribution in [2.75, 3.05) is 0 Å². The highest BCUT2D eigenvalue weighted by Gasteiger charge is 2.38. The molecule has 8 nitrogen and oxygen atoms in total. The quantitative estimate of drug-likeness (QED) is 0.617. The minimum Gasteiger partial charge on any atom is -0.460 e. The number of nitrogens with two attached hydrogens (primary N) is 1. The Kier molecular flexibility index (Phi) is 6.83. The van der Waals surface area contributed by atoms with Crippen LogP contribution >= 0.6 is 0 Å². The van der Waals surface area contributed by atoms with Crippen molar-refractivity contribution in [1.82, 2.24) is 9.88 Å². The minimum absolute atomic E-state index is 0.0313. The number of carbonyl (C=O) groups is 3. The molecule has 3 rings (SSSR count). The molecule has 2 amide bonds. The summed E-state index contributed by atoms with van der Waals surface area (Å²) in [6, 6.07) is 5.06. The summed E-state index contributed by atoms with van der Waals surface area (Å²) in [6.07, 6.45) is 0.578. The Balaban J connectivity index is 1.85. The molecule has 9 heteroatoms. The maximum Gasteiger partial charge on any atom is 0.306 e. The van der Waals surface area contributed by atoms with Gasteiger partial charge < -0.3 is 20.5 Å². The molecule has 0 saturated heterocycles. The Bertz CT molecular complexity index is 1090. The van der Waals surface area contributed by atoms with Crippen LogP contribution in [0, 0.1) is 5.82 Å². The normalized spacial score (nSPS) is 15.2. The van der Waals surface area contributed by atoms with Crippen LogP contribution in [0.15, 0.2) is 30.5 Å². The number of aromatic nitrogens is 1. The van der Waals surface area contributed by atoms with Gasteiger partial charge in [-0.25, -0.2) is 4.39 Å². The first-order valence-electron chi connectivity index (χ1n) is 10.7. The lowest BCUT2D eigenvalue weighted by molar-refractivity contribution is -0.155. The number of carbonyl (C=O) groups excluding carboxylic acids is 3. The van der Waals surface area contributed by atoms with E-state index in [0.717, 1.165) is 0 Å². The number of aliphatic hydroxyl groups is 1. The van der Waals surface area contributed by atoms with Crippen LogP contribution in [0.1, 0.15) is 68.1 Å². The van der Waals surface area contributed by atoms with Gasteiger partial charge in [-0.2, -0.15) is 0 Å². The summed E-state index contributed by atoms with van der Waals surface area (Å²) in [5.74, 6) is -2.47. The molecule has 1 aromatic heterocycles. The number of rotatable bonds is 7. The number of pyridine rings is 1. The van der Waals surface area contributed by atoms with Crippen molar-refractivity contribution >= 4 is 17.8 Å². The number of ether oxygens (including phenoxy) is 1. The summed E-state index contributed by atoms with van der Waals surface area (Å²) in [4.78, 5) is 42.5. The molecule has 0 aliphatic carbocycles. The molecule has 33 heavy (non-hydrogen) atoms. The Labute approximate surface area is 191 Å². The molecule has 0 bridgehead atoms. The second-order valence-electron chi connectivity index (χ2n) is 9.08. The highest BCUT2D eigenvalue weighted by atomic mass is 19.1. The van der Waals surface area contributed by atoms with Crippen molar-refractivity contribution in [1.29, 1.82) is 0 Å². The van der Waals surface area contributed by atoms with Gasteiger partial charge in [-0.1, -0.05) is 0 Å². The minimum atomic E-state index is -1.09. The Hall–Kier alpha value is -3.33. The maximum atomic E-state index is 15.4. The number of primary amides is 1. The fourth-order valence-corrected chi connectivity index (χ4v) is 3.78. The van der Waals surface area contributed by atoms with E-state index in [1.807, 2.05) is 0 Å². The smallest absolute Gasteiger partial charge is 0.306 e. The fourth-order valence-electron chi connectivity index (χ4n) is 3.78.